The number of fused-ring (bicyclic) bond motifs is 1. The van der Waals surface area contributed by atoms with Gasteiger partial charge in [-0.15, -0.1) is 0 Å². The third-order valence-electron chi connectivity index (χ3n) is 6.82. The minimum atomic E-state index is -3.66. The first-order chi connectivity index (χ1) is 17.8. The third kappa shape index (κ3) is 7.10. The number of sulfone groups is 1. The van der Waals surface area contributed by atoms with Gasteiger partial charge in [0.05, 0.1) is 34.4 Å². The summed E-state index contributed by atoms with van der Waals surface area (Å²) in [5.41, 5.74) is 1.27. The number of unbranched alkanes of at least 4 members (excludes halogenated alkanes) is 1. The van der Waals surface area contributed by atoms with E-state index in [-0.39, 0.29) is 16.1 Å². The predicted octanol–water partition coefficient (Wildman–Crippen LogP) is 6.50. The van der Waals surface area contributed by atoms with Crippen molar-refractivity contribution in [2.45, 2.75) is 70.8 Å². The summed E-state index contributed by atoms with van der Waals surface area (Å²) in [6.07, 6.45) is 6.01. The molecule has 0 aliphatic carbocycles. The van der Waals surface area contributed by atoms with E-state index in [9.17, 15) is 13.2 Å². The van der Waals surface area contributed by atoms with E-state index in [0.29, 0.717) is 23.7 Å². The normalized spacial score (nSPS) is 19.1. The van der Waals surface area contributed by atoms with Crippen LogP contribution in [0.5, 0.6) is 5.75 Å². The number of anilines is 3. The third-order valence-corrected chi connectivity index (χ3v) is 8.81. The lowest BCUT2D eigenvalue weighted by atomic mass is 9.81. The van der Waals surface area contributed by atoms with Gasteiger partial charge in [-0.1, -0.05) is 44.9 Å². The largest absolute Gasteiger partial charge is 0.463 e. The van der Waals surface area contributed by atoms with E-state index in [1.807, 2.05) is 55.4 Å². The van der Waals surface area contributed by atoms with Gasteiger partial charge in [-0.3, -0.25) is 0 Å². The summed E-state index contributed by atoms with van der Waals surface area (Å²) in [7, 11) is 0.0978. The van der Waals surface area contributed by atoms with Crippen LogP contribution >= 0.6 is 0 Å². The van der Waals surface area contributed by atoms with E-state index in [2.05, 4.69) is 18.7 Å². The zero-order valence-electron chi connectivity index (χ0n) is 23.8. The molecule has 1 aliphatic rings. The summed E-state index contributed by atoms with van der Waals surface area (Å²) in [5.74, 6) is -0.116. The molecule has 0 saturated heterocycles. The van der Waals surface area contributed by atoms with Crippen molar-refractivity contribution >= 4 is 32.9 Å². The minimum Gasteiger partial charge on any atom is -0.463 e. The van der Waals surface area contributed by atoms with Crippen molar-refractivity contribution in [2.24, 2.45) is 5.41 Å². The van der Waals surface area contributed by atoms with E-state index in [1.54, 1.807) is 26.8 Å². The molecule has 1 aliphatic heterocycles. The highest BCUT2D eigenvalue weighted by molar-refractivity contribution is 7.91. The van der Waals surface area contributed by atoms with Gasteiger partial charge in [0, 0.05) is 37.8 Å². The summed E-state index contributed by atoms with van der Waals surface area (Å²) in [6, 6.07) is 13.4. The Bertz CT molecular complexity index is 1250. The van der Waals surface area contributed by atoms with Crippen LogP contribution in [0, 0.1) is 5.41 Å². The van der Waals surface area contributed by atoms with Crippen molar-refractivity contribution in [1.82, 2.24) is 0 Å². The van der Waals surface area contributed by atoms with Gasteiger partial charge in [0.2, 0.25) is 0 Å². The fourth-order valence-corrected chi connectivity index (χ4v) is 7.00. The Kier molecular flexibility index (Phi) is 9.18. The number of nitrogens with zero attached hydrogens (tertiary/aromatic N) is 2. The summed E-state index contributed by atoms with van der Waals surface area (Å²) >= 11 is 0. The highest BCUT2D eigenvalue weighted by atomic mass is 32.2. The molecule has 1 heterocycles. The van der Waals surface area contributed by atoms with Crippen molar-refractivity contribution in [3.63, 3.8) is 0 Å². The molecule has 3 rings (SSSR count). The lowest BCUT2D eigenvalue weighted by Gasteiger charge is -2.36. The number of carbonyl (C=O) groups excluding carboxylic acids is 1. The molecule has 0 bridgehead atoms. The molecule has 0 spiro atoms. The lowest BCUT2D eigenvalue weighted by Crippen LogP contribution is -2.37. The average Bonchev–Trinajstić information content (AvgIpc) is 2.94. The zero-order valence-corrected chi connectivity index (χ0v) is 24.6. The molecular weight excluding hydrogens is 500 g/mol. The Labute approximate surface area is 228 Å². The van der Waals surface area contributed by atoms with Crippen molar-refractivity contribution in [1.29, 1.82) is 0 Å². The molecular formula is C30H42N2O5S. The molecule has 8 heteroatoms. The standard InChI is InChI=1S/C30H42N2O5S/c1-8-10-17-30(9-2)21-32(23-14-12-11-13-15-23)25-19-24(31(6)7)26(20-27(25)38(34,35)22-30)36-18-16-28(33)37-29(3,4)5/h11-16,18-20H,8-10,17,21-22H2,1-7H3/b18-16+. The number of esters is 1. The molecule has 0 N–H and O–H groups in total. The van der Waals surface area contributed by atoms with Gasteiger partial charge in [0.15, 0.2) is 15.6 Å². The van der Waals surface area contributed by atoms with Crippen molar-refractivity contribution in [3.8, 4) is 5.75 Å². The molecule has 0 aromatic heterocycles. The molecule has 2 aromatic rings. The Balaban J connectivity index is 2.15. The smallest absolute Gasteiger partial charge is 0.334 e. The van der Waals surface area contributed by atoms with Crippen molar-refractivity contribution in [3.05, 3.63) is 54.8 Å². The first-order valence-corrected chi connectivity index (χ1v) is 14.9. The van der Waals surface area contributed by atoms with Gasteiger partial charge in [-0.05, 0) is 51.8 Å². The van der Waals surface area contributed by atoms with Crippen LogP contribution in [0.3, 0.4) is 0 Å². The lowest BCUT2D eigenvalue weighted by molar-refractivity contribution is -0.148. The first-order valence-electron chi connectivity index (χ1n) is 13.3. The topological polar surface area (TPSA) is 76.2 Å². The number of benzene rings is 2. The maximum absolute atomic E-state index is 14.0. The fourth-order valence-electron chi connectivity index (χ4n) is 4.82. The van der Waals surface area contributed by atoms with E-state index >= 15 is 0 Å². The second-order valence-electron chi connectivity index (χ2n) is 11.3. The van der Waals surface area contributed by atoms with Gasteiger partial charge in [-0.25, -0.2) is 13.2 Å². The molecule has 0 amide bonds. The molecule has 1 atom stereocenters. The minimum absolute atomic E-state index is 0.0708. The second kappa shape index (κ2) is 11.8. The Morgan fingerprint density at radius 1 is 1.13 bits per heavy atom. The predicted molar refractivity (Wildman–Crippen MR) is 154 cm³/mol. The van der Waals surface area contributed by atoms with Crippen LogP contribution in [-0.4, -0.2) is 46.4 Å². The first kappa shape index (κ1) is 29.6. The van der Waals surface area contributed by atoms with Crippen LogP contribution in [-0.2, 0) is 19.4 Å². The highest BCUT2D eigenvalue weighted by Crippen LogP contribution is 2.47. The summed E-state index contributed by atoms with van der Waals surface area (Å²) in [5, 5.41) is 0. The van der Waals surface area contributed by atoms with Crippen molar-refractivity contribution < 1.29 is 22.7 Å². The van der Waals surface area contributed by atoms with Gasteiger partial charge in [0.25, 0.3) is 0 Å². The van der Waals surface area contributed by atoms with Crippen LogP contribution in [0.25, 0.3) is 0 Å². The summed E-state index contributed by atoms with van der Waals surface area (Å²) in [4.78, 5) is 16.4. The Hall–Kier alpha value is -3.00. The zero-order chi connectivity index (χ0) is 28.1. The molecule has 38 heavy (non-hydrogen) atoms. The molecule has 0 fully saturated rings. The number of rotatable bonds is 9. The van der Waals surface area contributed by atoms with Crippen LogP contribution in [0.1, 0.15) is 60.3 Å². The number of hydrogen-bond donors (Lipinski definition) is 0. The van der Waals surface area contributed by atoms with E-state index in [1.165, 1.54) is 12.3 Å². The fraction of sp³-hybridized carbons (Fsp3) is 0.500. The average molecular weight is 543 g/mol. The number of carbonyl (C=O) groups is 1. The monoisotopic (exact) mass is 542 g/mol. The van der Waals surface area contributed by atoms with E-state index in [0.717, 1.165) is 31.4 Å². The number of hydrogen-bond acceptors (Lipinski definition) is 7. The van der Waals surface area contributed by atoms with Crippen LogP contribution < -0.4 is 14.5 Å². The maximum Gasteiger partial charge on any atom is 0.334 e. The van der Waals surface area contributed by atoms with Crippen LogP contribution in [0.15, 0.2) is 59.7 Å². The van der Waals surface area contributed by atoms with Crippen molar-refractivity contribution in [2.75, 3.05) is 36.2 Å². The number of ether oxygens (including phenoxy) is 2. The van der Waals surface area contributed by atoms with Gasteiger partial charge >= 0.3 is 5.97 Å². The SMILES string of the molecule is CCCCC1(CC)CN(c2ccccc2)c2cc(N(C)C)c(O/C=C/C(=O)OC(C)(C)C)cc2S(=O)(=O)C1. The van der Waals surface area contributed by atoms with Gasteiger partial charge < -0.3 is 19.3 Å². The molecule has 0 radical (unpaired) electrons. The number of para-hydroxylation sites is 1. The molecule has 1 unspecified atom stereocenters. The van der Waals surface area contributed by atoms with Gasteiger partial charge in [0.1, 0.15) is 5.60 Å². The van der Waals surface area contributed by atoms with E-state index in [4.69, 9.17) is 9.47 Å². The van der Waals surface area contributed by atoms with Crippen LogP contribution in [0.4, 0.5) is 17.1 Å². The summed E-state index contributed by atoms with van der Waals surface area (Å²) in [6.45, 7) is 10.2. The van der Waals surface area contributed by atoms with E-state index < -0.39 is 21.4 Å². The molecule has 2 aromatic carbocycles. The quantitative estimate of drug-likeness (QED) is 0.203. The molecule has 7 nitrogen and oxygen atoms in total. The molecule has 0 saturated carbocycles. The Morgan fingerprint density at radius 2 is 1.82 bits per heavy atom. The summed E-state index contributed by atoms with van der Waals surface area (Å²) < 4.78 is 39.2. The second-order valence-corrected chi connectivity index (χ2v) is 13.2. The highest BCUT2D eigenvalue weighted by Gasteiger charge is 2.42. The molecule has 208 valence electrons. The van der Waals surface area contributed by atoms with Crippen LogP contribution in [0.2, 0.25) is 0 Å². The van der Waals surface area contributed by atoms with Gasteiger partial charge in [-0.2, -0.15) is 0 Å². The maximum atomic E-state index is 14.0. The Morgan fingerprint density at radius 3 is 2.39 bits per heavy atom.